The fourth-order valence-electron chi connectivity index (χ4n) is 1.15. The second-order valence-electron chi connectivity index (χ2n) is 2.81. The van der Waals surface area contributed by atoms with Gasteiger partial charge in [-0.05, 0) is 24.1 Å². The lowest BCUT2D eigenvalue weighted by atomic mass is 10.1. The van der Waals surface area contributed by atoms with Gasteiger partial charge >= 0.3 is 5.97 Å². The average Bonchev–Trinajstić information content (AvgIpc) is 2.17. The summed E-state index contributed by atoms with van der Waals surface area (Å²) in [5.41, 5.74) is 1.16. The molecule has 3 nitrogen and oxygen atoms in total. The summed E-state index contributed by atoms with van der Waals surface area (Å²) in [5.74, 6) is -0.592. The second kappa shape index (κ2) is 4.46. The number of phenols is 1. The Kier molecular flexibility index (Phi) is 3.52. The number of phenolic OH excluding ortho intramolecular Hbond substituents is 1. The lowest BCUT2D eigenvalue weighted by Crippen LogP contribution is -2.02. The van der Waals surface area contributed by atoms with Gasteiger partial charge in [-0.3, -0.25) is 0 Å². The van der Waals surface area contributed by atoms with Crippen LogP contribution >= 0.6 is 15.9 Å². The highest BCUT2D eigenvalue weighted by atomic mass is 79.9. The summed E-state index contributed by atoms with van der Waals surface area (Å²) < 4.78 is 5.34. The minimum absolute atomic E-state index is 0.0686. The number of esters is 1. The van der Waals surface area contributed by atoms with E-state index in [4.69, 9.17) is 0 Å². The first-order valence-corrected chi connectivity index (χ1v) is 4.99. The number of benzene rings is 1. The molecule has 0 amide bonds. The van der Waals surface area contributed by atoms with E-state index >= 15 is 0 Å². The zero-order valence-electron chi connectivity index (χ0n) is 8.00. The quantitative estimate of drug-likeness (QED) is 0.830. The van der Waals surface area contributed by atoms with Crippen molar-refractivity contribution in [2.75, 3.05) is 7.11 Å². The number of halogens is 1. The number of hydrogen-bond acceptors (Lipinski definition) is 3. The van der Waals surface area contributed by atoms with Gasteiger partial charge in [-0.15, -0.1) is 0 Å². The van der Waals surface area contributed by atoms with Crippen LogP contribution in [0.3, 0.4) is 0 Å². The largest absolute Gasteiger partial charge is 0.507 e. The van der Waals surface area contributed by atoms with E-state index in [0.29, 0.717) is 0 Å². The highest BCUT2D eigenvalue weighted by Gasteiger charge is 2.13. The van der Waals surface area contributed by atoms with Crippen LogP contribution in [-0.2, 0) is 11.2 Å². The van der Waals surface area contributed by atoms with Gasteiger partial charge in [-0.1, -0.05) is 22.9 Å². The van der Waals surface area contributed by atoms with E-state index in [1.54, 1.807) is 6.07 Å². The molecule has 1 rings (SSSR count). The molecule has 0 aliphatic rings. The first-order valence-electron chi connectivity index (χ1n) is 4.19. The van der Waals surface area contributed by atoms with Crippen molar-refractivity contribution in [3.63, 3.8) is 0 Å². The van der Waals surface area contributed by atoms with Crippen LogP contribution < -0.4 is 0 Å². The van der Waals surface area contributed by atoms with Crippen molar-refractivity contribution in [2.24, 2.45) is 0 Å². The molecule has 0 fully saturated rings. The molecule has 0 aliphatic heterocycles. The predicted octanol–water partition coefficient (Wildman–Crippen LogP) is 2.50. The molecule has 14 heavy (non-hydrogen) atoms. The summed E-state index contributed by atoms with van der Waals surface area (Å²) in [6, 6.07) is 3.14. The van der Waals surface area contributed by atoms with Gasteiger partial charge < -0.3 is 9.84 Å². The van der Waals surface area contributed by atoms with Crippen LogP contribution in [0.4, 0.5) is 0 Å². The summed E-state index contributed by atoms with van der Waals surface area (Å²) in [6.45, 7) is 1.97. The average molecular weight is 259 g/mol. The number of aryl methyl sites for hydroxylation is 1. The Morgan fingerprint density at radius 2 is 2.21 bits per heavy atom. The molecule has 0 heterocycles. The molecule has 0 aromatic heterocycles. The number of carbonyl (C=O) groups is 1. The Morgan fingerprint density at radius 3 is 2.71 bits per heavy atom. The third kappa shape index (κ3) is 2.07. The van der Waals surface area contributed by atoms with E-state index < -0.39 is 5.97 Å². The minimum atomic E-state index is -0.523. The molecular formula is C10H11BrO3. The fraction of sp³-hybridized carbons (Fsp3) is 0.300. The zero-order chi connectivity index (χ0) is 10.7. The molecule has 76 valence electrons. The van der Waals surface area contributed by atoms with Gasteiger partial charge in [0, 0.05) is 4.47 Å². The fourth-order valence-corrected chi connectivity index (χ4v) is 1.76. The maximum absolute atomic E-state index is 11.2. The number of methoxy groups -OCH3 is 1. The SMILES string of the molecule is CCc1cc(C(=O)OC)c(O)cc1Br. The molecule has 0 atom stereocenters. The third-order valence-corrected chi connectivity index (χ3v) is 2.69. The Balaban J connectivity index is 3.24. The molecule has 0 spiro atoms. The molecule has 0 bridgehead atoms. The van der Waals surface area contributed by atoms with E-state index in [-0.39, 0.29) is 11.3 Å². The Morgan fingerprint density at radius 1 is 1.57 bits per heavy atom. The molecule has 0 radical (unpaired) electrons. The highest BCUT2D eigenvalue weighted by molar-refractivity contribution is 9.10. The number of ether oxygens (including phenoxy) is 1. The predicted molar refractivity (Wildman–Crippen MR) is 56.5 cm³/mol. The van der Waals surface area contributed by atoms with Crippen LogP contribution in [-0.4, -0.2) is 18.2 Å². The summed E-state index contributed by atoms with van der Waals surface area (Å²) in [6.07, 6.45) is 0.783. The van der Waals surface area contributed by atoms with Crippen LogP contribution in [0.2, 0.25) is 0 Å². The summed E-state index contributed by atoms with van der Waals surface area (Å²) >= 11 is 3.30. The van der Waals surface area contributed by atoms with Crippen LogP contribution in [0, 0.1) is 0 Å². The maximum atomic E-state index is 11.2. The topological polar surface area (TPSA) is 46.5 Å². The molecule has 0 saturated heterocycles. The van der Waals surface area contributed by atoms with Crippen LogP contribution in [0.25, 0.3) is 0 Å². The van der Waals surface area contributed by atoms with Crippen molar-refractivity contribution in [1.82, 2.24) is 0 Å². The van der Waals surface area contributed by atoms with Crippen molar-refractivity contribution in [3.8, 4) is 5.75 Å². The summed E-state index contributed by atoms with van der Waals surface area (Å²) in [4.78, 5) is 11.2. The summed E-state index contributed by atoms with van der Waals surface area (Å²) in [5, 5.41) is 9.48. The van der Waals surface area contributed by atoms with E-state index in [2.05, 4.69) is 20.7 Å². The number of aromatic hydroxyl groups is 1. The van der Waals surface area contributed by atoms with Gasteiger partial charge in [0.2, 0.25) is 0 Å². The first kappa shape index (κ1) is 11.0. The van der Waals surface area contributed by atoms with E-state index in [1.165, 1.54) is 13.2 Å². The van der Waals surface area contributed by atoms with Crippen molar-refractivity contribution in [2.45, 2.75) is 13.3 Å². The molecule has 1 N–H and O–H groups in total. The molecule has 1 aromatic carbocycles. The molecule has 4 heteroatoms. The van der Waals surface area contributed by atoms with Crippen molar-refractivity contribution < 1.29 is 14.6 Å². The van der Waals surface area contributed by atoms with Gasteiger partial charge in [0.05, 0.1) is 7.11 Å². The number of rotatable bonds is 2. The minimum Gasteiger partial charge on any atom is -0.507 e. The first-order chi connectivity index (χ1) is 6.60. The van der Waals surface area contributed by atoms with E-state index in [9.17, 15) is 9.90 Å². The number of carbonyl (C=O) groups excluding carboxylic acids is 1. The Labute approximate surface area is 90.8 Å². The molecule has 0 unspecified atom stereocenters. The van der Waals surface area contributed by atoms with Gasteiger partial charge in [0.15, 0.2) is 0 Å². The van der Waals surface area contributed by atoms with E-state index in [0.717, 1.165) is 16.5 Å². The highest BCUT2D eigenvalue weighted by Crippen LogP contribution is 2.27. The van der Waals surface area contributed by atoms with Crippen molar-refractivity contribution in [1.29, 1.82) is 0 Å². The molecule has 1 aromatic rings. The Hall–Kier alpha value is -1.03. The standard InChI is InChI=1S/C10H11BrO3/c1-3-6-4-7(10(13)14-2)9(12)5-8(6)11/h4-5,12H,3H2,1-2H3. The van der Waals surface area contributed by atoms with Gasteiger partial charge in [0.25, 0.3) is 0 Å². The summed E-state index contributed by atoms with van der Waals surface area (Å²) in [7, 11) is 1.29. The van der Waals surface area contributed by atoms with Crippen LogP contribution in [0.5, 0.6) is 5.75 Å². The smallest absolute Gasteiger partial charge is 0.341 e. The van der Waals surface area contributed by atoms with Crippen molar-refractivity contribution >= 4 is 21.9 Å². The van der Waals surface area contributed by atoms with E-state index in [1.807, 2.05) is 6.92 Å². The van der Waals surface area contributed by atoms with Crippen molar-refractivity contribution in [3.05, 3.63) is 27.7 Å². The van der Waals surface area contributed by atoms with Crippen LogP contribution in [0.15, 0.2) is 16.6 Å². The third-order valence-electron chi connectivity index (χ3n) is 1.95. The second-order valence-corrected chi connectivity index (χ2v) is 3.66. The van der Waals surface area contributed by atoms with Gasteiger partial charge in [0.1, 0.15) is 11.3 Å². The van der Waals surface area contributed by atoms with Gasteiger partial charge in [-0.2, -0.15) is 0 Å². The van der Waals surface area contributed by atoms with Gasteiger partial charge in [-0.25, -0.2) is 4.79 Å². The Bertz CT molecular complexity index is 361. The van der Waals surface area contributed by atoms with Crippen LogP contribution in [0.1, 0.15) is 22.8 Å². The maximum Gasteiger partial charge on any atom is 0.341 e. The lowest BCUT2D eigenvalue weighted by Gasteiger charge is -2.06. The zero-order valence-corrected chi connectivity index (χ0v) is 9.59. The molecular weight excluding hydrogens is 248 g/mol. The molecule has 0 aliphatic carbocycles. The lowest BCUT2D eigenvalue weighted by molar-refractivity contribution is 0.0597. The monoisotopic (exact) mass is 258 g/mol. The molecule has 0 saturated carbocycles. The number of hydrogen-bond donors (Lipinski definition) is 1. The normalized spacial score (nSPS) is 9.93.